The Morgan fingerprint density at radius 2 is 0.492 bits per heavy atom. The molecular formula is C108H130Au4O6-4. The van der Waals surface area contributed by atoms with E-state index >= 15 is 0 Å². The molecule has 2 radical (unpaired) electrons. The number of aromatic hydroxyl groups is 2. The van der Waals surface area contributed by atoms with E-state index in [4.69, 9.17) is 20.4 Å². The Morgan fingerprint density at radius 3 is 0.644 bits per heavy atom. The molecule has 10 aromatic carbocycles. The van der Waals surface area contributed by atoms with Crippen LogP contribution in [0.3, 0.4) is 0 Å². The summed E-state index contributed by atoms with van der Waals surface area (Å²) in [5.41, 5.74) is 20.7. The van der Waals surface area contributed by atoms with Crippen LogP contribution in [0.2, 0.25) is 0 Å². The summed E-state index contributed by atoms with van der Waals surface area (Å²) in [6.07, 6.45) is 13.1. The second kappa shape index (κ2) is 49.4. The minimum absolute atomic E-state index is 0. The zero-order chi connectivity index (χ0) is 85.2. The molecule has 10 heteroatoms. The van der Waals surface area contributed by atoms with E-state index in [0.717, 1.165) is 66.8 Å². The predicted molar refractivity (Wildman–Crippen MR) is 483 cm³/mol. The summed E-state index contributed by atoms with van der Waals surface area (Å²) in [6, 6.07) is 91.7. The molecule has 0 amide bonds. The summed E-state index contributed by atoms with van der Waals surface area (Å²) < 4.78 is 0. The minimum Gasteiger partial charge on any atom is -0.565 e. The Balaban J connectivity index is 0.000000680. The van der Waals surface area contributed by atoms with Crippen LogP contribution < -0.4 is 0 Å². The maximum atomic E-state index is 10.1. The number of allylic oxidation sites excluding steroid dienone is 4. The average Bonchev–Trinajstić information content (AvgIpc) is 0.797. The topological polar surface area (TPSA) is 121 Å². The SMILES string of the molecule is CC(C)(C)c1c[c-]c(-c2[c-]cc(C(C)(C)C)cc2)cc1.CC(C)(C)c1c[c-]c(-c2[c-]cc(C(C)(C)C)cc2)cc1.OCC1C=CC=CC1O.OCC1C=CC=CC1O.[Au+3].[Au+3].[Au].[Au].[CH2-]c1cc(C(C)(C)C)cc(C(C)(C)C)c1O.[CH2-]c1cc(C(C)(C)C)cc(C(C)(C)C)c1O.[c-]1ccccc1-c1[c-]cccc1.[c-]1ccccc1-c1[c-]cccc1. The molecule has 0 aliphatic heterocycles. The molecule has 0 fully saturated rings. The van der Waals surface area contributed by atoms with Gasteiger partial charge in [-0.05, 0) is 43.3 Å². The van der Waals surface area contributed by atoms with Gasteiger partial charge in [0.2, 0.25) is 0 Å². The van der Waals surface area contributed by atoms with Gasteiger partial charge in [-0.25, -0.2) is 44.5 Å². The van der Waals surface area contributed by atoms with Gasteiger partial charge in [-0.15, -0.1) is 46.5 Å². The number of hydrogen-bond donors (Lipinski definition) is 6. The first kappa shape index (κ1) is 109. The summed E-state index contributed by atoms with van der Waals surface area (Å²) in [7, 11) is 0. The monoisotopic (exact) mass is 2310 g/mol. The Labute approximate surface area is 776 Å². The van der Waals surface area contributed by atoms with Gasteiger partial charge in [0.25, 0.3) is 0 Å². The first-order valence-corrected chi connectivity index (χ1v) is 39.7. The third-order valence-corrected chi connectivity index (χ3v) is 19.3. The summed E-state index contributed by atoms with van der Waals surface area (Å²) >= 11 is 0. The molecular weight excluding hydrogens is 2180 g/mol. The van der Waals surface area contributed by atoms with Gasteiger partial charge >= 0.3 is 44.8 Å². The number of rotatable bonds is 6. The zero-order valence-corrected chi connectivity index (χ0v) is 82.8. The minimum atomic E-state index is -0.500. The maximum Gasteiger partial charge on any atom is 3.00 e. The van der Waals surface area contributed by atoms with Crippen LogP contribution in [0.5, 0.6) is 11.5 Å². The van der Waals surface area contributed by atoms with Gasteiger partial charge in [0.1, 0.15) is 0 Å². The normalized spacial score (nSPS) is 14.7. The number of phenols is 2. The summed E-state index contributed by atoms with van der Waals surface area (Å²) in [5.74, 6) is 0.464. The van der Waals surface area contributed by atoms with Crippen LogP contribution in [0.15, 0.2) is 243 Å². The molecule has 0 bridgehead atoms. The smallest absolute Gasteiger partial charge is 0.565 e. The molecule has 0 saturated heterocycles. The Hall–Kier alpha value is -6.70. The Bertz CT molecular complexity index is 4120. The molecule has 0 aromatic heterocycles. The van der Waals surface area contributed by atoms with E-state index in [-0.39, 0.29) is 158 Å². The largest absolute Gasteiger partial charge is 3.00 e. The average molecular weight is 2310 g/mol. The van der Waals surface area contributed by atoms with Crippen LogP contribution in [0, 0.1) is 74.2 Å². The van der Waals surface area contributed by atoms with Crippen LogP contribution in [0.25, 0.3) is 44.5 Å². The second-order valence-corrected chi connectivity index (χ2v) is 37.3. The fourth-order valence-corrected chi connectivity index (χ4v) is 11.5. The van der Waals surface area contributed by atoms with Crippen molar-refractivity contribution in [1.82, 2.24) is 0 Å². The first-order valence-electron chi connectivity index (χ1n) is 39.7. The van der Waals surface area contributed by atoms with Gasteiger partial charge in [-0.2, -0.15) is 231 Å². The van der Waals surface area contributed by atoms with Gasteiger partial charge in [0.05, 0.1) is 25.4 Å². The number of benzene rings is 10. The van der Waals surface area contributed by atoms with Crippen LogP contribution in [0.1, 0.15) is 222 Å². The van der Waals surface area contributed by atoms with Crippen molar-refractivity contribution < 1.29 is 120 Å². The van der Waals surface area contributed by atoms with E-state index in [2.05, 4.69) is 313 Å². The van der Waals surface area contributed by atoms with Crippen molar-refractivity contribution in [1.29, 1.82) is 0 Å². The quantitative estimate of drug-likeness (QED) is 0.0729. The molecule has 0 saturated carbocycles. The summed E-state index contributed by atoms with van der Waals surface area (Å²) in [6.45, 7) is 60.2. The Kier molecular flexibility index (Phi) is 45.8. The molecule has 12 rings (SSSR count). The molecule has 0 heterocycles. The molecule has 4 atom stereocenters. The van der Waals surface area contributed by atoms with Crippen molar-refractivity contribution in [2.75, 3.05) is 13.2 Å². The number of aliphatic hydroxyl groups excluding tert-OH is 4. The molecule has 4 unspecified atom stereocenters. The molecule has 118 heavy (non-hydrogen) atoms. The summed E-state index contributed by atoms with van der Waals surface area (Å²) in [4.78, 5) is 0. The van der Waals surface area contributed by atoms with Gasteiger partial charge in [0.15, 0.2) is 0 Å². The summed E-state index contributed by atoms with van der Waals surface area (Å²) in [5, 5.41) is 55.5. The molecule has 6 nitrogen and oxygen atoms in total. The second-order valence-electron chi connectivity index (χ2n) is 37.3. The van der Waals surface area contributed by atoms with Crippen LogP contribution >= 0.6 is 0 Å². The van der Waals surface area contributed by atoms with Crippen LogP contribution in [0.4, 0.5) is 0 Å². The number of hydrogen-bond acceptors (Lipinski definition) is 6. The van der Waals surface area contributed by atoms with Crippen molar-refractivity contribution in [3.63, 3.8) is 0 Å². The van der Waals surface area contributed by atoms with E-state index in [1.807, 2.05) is 121 Å². The van der Waals surface area contributed by atoms with Gasteiger partial charge < -0.3 is 30.6 Å². The number of aliphatic hydroxyl groups is 4. The van der Waals surface area contributed by atoms with Crippen molar-refractivity contribution in [2.24, 2.45) is 11.8 Å². The van der Waals surface area contributed by atoms with Gasteiger partial charge in [-0.3, -0.25) is 0 Å². The first-order chi connectivity index (χ1) is 53.0. The van der Waals surface area contributed by atoms with Crippen molar-refractivity contribution in [3.8, 4) is 56.0 Å². The van der Waals surface area contributed by atoms with Crippen LogP contribution in [-0.4, -0.2) is 56.1 Å². The molecule has 0 spiro atoms. The predicted octanol–water partition coefficient (Wildman–Crippen LogP) is 25.5. The standard InChI is InChI=1S/2C20H24.2C15H23O.2C12H8.2C7H10O2.4Au/c2*1-19(2,3)17-11-7-15(8-12-17)16-9-13-18(14-10-16)20(4,5)6;2*1-10-8-11(14(2,3)4)9-12(13(10)16)15(5,6)7;2*1-3-7-11(8-4-1)12-9-5-2-6-10-12;2*8-5-6-3-1-2-4-7(6)9;;;;/h2*7,9,11-14H,1-6H3;2*8-9,16H,1H2,2-7H3;2*1-7,9H;2*1-4,6-9H,5H2;;;;/q2*-2;2*-1;2*-2;;;;;2*+3. The fourth-order valence-electron chi connectivity index (χ4n) is 11.5. The van der Waals surface area contributed by atoms with Crippen molar-refractivity contribution in [3.05, 3.63) is 361 Å². The van der Waals surface area contributed by atoms with E-state index in [9.17, 15) is 10.2 Å². The molecule has 10 aromatic rings. The van der Waals surface area contributed by atoms with E-state index in [0.29, 0.717) is 11.5 Å². The Morgan fingerprint density at radius 1 is 0.280 bits per heavy atom. The van der Waals surface area contributed by atoms with E-state index in [1.165, 1.54) is 33.4 Å². The van der Waals surface area contributed by atoms with E-state index in [1.54, 1.807) is 36.5 Å². The fraction of sp³-hybridized carbons (Fsp3) is 0.352. The third-order valence-electron chi connectivity index (χ3n) is 19.3. The molecule has 6 N–H and O–H groups in total. The van der Waals surface area contributed by atoms with Crippen molar-refractivity contribution in [2.45, 2.75) is 222 Å². The van der Waals surface area contributed by atoms with E-state index < -0.39 is 12.2 Å². The maximum absolute atomic E-state index is 10.1. The van der Waals surface area contributed by atoms with Gasteiger partial charge in [0, 0.05) is 68.1 Å². The zero-order valence-electron chi connectivity index (χ0n) is 74.1. The van der Waals surface area contributed by atoms with Crippen molar-refractivity contribution >= 4 is 0 Å². The van der Waals surface area contributed by atoms with Gasteiger partial charge in [-0.1, -0.05) is 249 Å². The number of phenolic OH excluding ortho intramolecular Hbond substituents is 2. The van der Waals surface area contributed by atoms with Crippen LogP contribution in [-0.2, 0) is 133 Å². The molecule has 646 valence electrons. The molecule has 2 aliphatic rings. The molecule has 2 aliphatic carbocycles. The third kappa shape index (κ3) is 36.5.